The van der Waals surface area contributed by atoms with E-state index in [2.05, 4.69) is 16.0 Å². The van der Waals surface area contributed by atoms with Crippen molar-refractivity contribution >= 4 is 29.8 Å². The van der Waals surface area contributed by atoms with Gasteiger partial charge in [-0.1, -0.05) is 119 Å². The van der Waals surface area contributed by atoms with Crippen molar-refractivity contribution in [1.29, 1.82) is 0 Å². The molecule has 12 nitrogen and oxygen atoms in total. The number of benzene rings is 3. The van der Waals surface area contributed by atoms with E-state index in [4.69, 9.17) is 9.47 Å². The molecule has 0 saturated carbocycles. The number of ether oxygens (including phenoxy) is 2. The molecule has 53 heavy (non-hydrogen) atoms. The summed E-state index contributed by atoms with van der Waals surface area (Å²) in [4.78, 5) is 68.7. The number of aliphatic hydroxyl groups excluding tert-OH is 1. The molecule has 284 valence electrons. The first-order valence-electron chi connectivity index (χ1n) is 18.2. The Balaban J connectivity index is 1.43. The van der Waals surface area contributed by atoms with Crippen LogP contribution in [-0.2, 0) is 48.3 Å². The summed E-state index contributed by atoms with van der Waals surface area (Å²) in [6.07, 6.45) is -1.19. The zero-order valence-corrected chi connectivity index (χ0v) is 30.9. The molecule has 1 aliphatic heterocycles. The van der Waals surface area contributed by atoms with Crippen LogP contribution in [0.15, 0.2) is 91.0 Å². The van der Waals surface area contributed by atoms with Crippen LogP contribution in [0.3, 0.4) is 0 Å². The molecule has 4 N–H and O–H groups in total. The fourth-order valence-electron chi connectivity index (χ4n) is 6.26. The van der Waals surface area contributed by atoms with E-state index >= 15 is 0 Å². The highest BCUT2D eigenvalue weighted by Gasteiger charge is 2.41. The lowest BCUT2D eigenvalue weighted by Gasteiger charge is -2.32. The number of hydrogen-bond acceptors (Lipinski definition) is 8. The highest BCUT2D eigenvalue weighted by atomic mass is 16.5. The maximum atomic E-state index is 14.1. The highest BCUT2D eigenvalue weighted by Crippen LogP contribution is 2.23. The van der Waals surface area contributed by atoms with Gasteiger partial charge in [-0.15, -0.1) is 0 Å². The molecule has 0 spiro atoms. The average Bonchev–Trinajstić information content (AvgIpc) is 3.65. The molecule has 1 saturated heterocycles. The molecule has 3 aromatic rings. The number of hydrogen-bond donors (Lipinski definition) is 4. The van der Waals surface area contributed by atoms with Gasteiger partial charge in [-0.2, -0.15) is 0 Å². The lowest BCUT2D eigenvalue weighted by Crippen LogP contribution is -2.58. The van der Waals surface area contributed by atoms with Crippen LogP contribution in [0.5, 0.6) is 0 Å². The van der Waals surface area contributed by atoms with Crippen LogP contribution in [0.4, 0.5) is 4.79 Å². The number of rotatable bonds is 17. The number of alkyl carbamates (subject to hydrolysis) is 1. The van der Waals surface area contributed by atoms with E-state index in [-0.39, 0.29) is 44.4 Å². The van der Waals surface area contributed by atoms with Crippen molar-refractivity contribution in [2.75, 3.05) is 6.54 Å². The second-order valence-electron chi connectivity index (χ2n) is 14.1. The molecule has 0 bridgehead atoms. The molecule has 4 amide bonds. The van der Waals surface area contributed by atoms with Gasteiger partial charge in [-0.25, -0.2) is 9.59 Å². The van der Waals surface area contributed by atoms with E-state index in [9.17, 15) is 29.1 Å². The normalized spacial score (nSPS) is 16.3. The Labute approximate surface area is 311 Å². The summed E-state index contributed by atoms with van der Waals surface area (Å²) in [6.45, 7) is 7.66. The Kier molecular flexibility index (Phi) is 15.4. The van der Waals surface area contributed by atoms with Gasteiger partial charge >= 0.3 is 12.1 Å². The zero-order chi connectivity index (χ0) is 38.3. The Bertz CT molecular complexity index is 1640. The Morgan fingerprint density at radius 1 is 0.717 bits per heavy atom. The molecule has 12 heteroatoms. The molecule has 5 atom stereocenters. The number of carbonyl (C=O) groups is 5. The van der Waals surface area contributed by atoms with Crippen molar-refractivity contribution in [1.82, 2.24) is 20.9 Å². The predicted octanol–water partition coefficient (Wildman–Crippen LogP) is 4.29. The molecular weight excluding hydrogens is 676 g/mol. The van der Waals surface area contributed by atoms with Crippen LogP contribution in [0, 0.1) is 11.8 Å². The standard InChI is InChI=1S/C41H52N4O8/c1-27(2)23-32(37(47)44-35(28(3)4)40(50)52-25-30-17-10-6-11-18-30)42-38(48)36(46)34-21-14-22-45(34)39(49)33(24-29-15-8-5-9-16-29)43-41(51)53-26-31-19-12-7-13-20-31/h5-13,15-20,27-28,32-36,46H,14,21-26H2,1-4H3,(H,42,48)(H,43,51)(H,44,47)/t32-,33+,34+,35+,36?/m1/s1. The molecule has 0 aliphatic carbocycles. The number of likely N-dealkylation sites (tertiary alicyclic amines) is 1. The fraction of sp³-hybridized carbons (Fsp3) is 0.439. The number of aliphatic hydroxyl groups is 1. The smallest absolute Gasteiger partial charge is 0.408 e. The van der Waals surface area contributed by atoms with Crippen molar-refractivity contribution in [3.8, 4) is 0 Å². The minimum absolute atomic E-state index is 0.0159. The summed E-state index contributed by atoms with van der Waals surface area (Å²) in [6, 6.07) is 23.6. The van der Waals surface area contributed by atoms with Gasteiger partial charge in [0.05, 0.1) is 6.04 Å². The van der Waals surface area contributed by atoms with Crippen LogP contribution in [0.1, 0.15) is 63.6 Å². The first kappa shape index (κ1) is 40.5. The maximum Gasteiger partial charge on any atom is 0.408 e. The molecule has 0 radical (unpaired) electrons. The topological polar surface area (TPSA) is 163 Å². The molecule has 1 fully saturated rings. The molecule has 1 unspecified atom stereocenters. The van der Waals surface area contributed by atoms with E-state index < -0.39 is 60.1 Å². The first-order valence-corrected chi connectivity index (χ1v) is 18.2. The van der Waals surface area contributed by atoms with Gasteiger partial charge in [0.2, 0.25) is 11.8 Å². The SMILES string of the molecule is CC(C)C[C@@H](NC(=O)C(O)[C@@H]1CCCN1C(=O)[C@H](Cc1ccccc1)NC(=O)OCc1ccccc1)C(=O)N[C@H](C(=O)OCc1ccccc1)C(C)C. The number of amides is 4. The van der Waals surface area contributed by atoms with Gasteiger partial charge in [0.25, 0.3) is 5.91 Å². The van der Waals surface area contributed by atoms with Crippen molar-refractivity contribution in [2.45, 2.75) is 96.9 Å². The third kappa shape index (κ3) is 12.5. The van der Waals surface area contributed by atoms with Crippen LogP contribution < -0.4 is 16.0 Å². The second-order valence-corrected chi connectivity index (χ2v) is 14.1. The van der Waals surface area contributed by atoms with Crippen molar-refractivity contribution in [3.05, 3.63) is 108 Å². The number of carbonyl (C=O) groups excluding carboxylic acids is 5. The van der Waals surface area contributed by atoms with Gasteiger partial charge in [0.15, 0.2) is 6.10 Å². The predicted molar refractivity (Wildman–Crippen MR) is 199 cm³/mol. The van der Waals surface area contributed by atoms with Crippen LogP contribution in [-0.4, -0.2) is 76.6 Å². The Hall–Kier alpha value is -5.23. The summed E-state index contributed by atoms with van der Waals surface area (Å²) in [5.74, 6) is -2.82. The number of nitrogens with zero attached hydrogens (tertiary/aromatic N) is 1. The van der Waals surface area contributed by atoms with Gasteiger partial charge in [-0.3, -0.25) is 14.4 Å². The van der Waals surface area contributed by atoms with Crippen LogP contribution in [0.25, 0.3) is 0 Å². The average molecular weight is 729 g/mol. The fourth-order valence-corrected chi connectivity index (χ4v) is 6.26. The summed E-state index contributed by atoms with van der Waals surface area (Å²) >= 11 is 0. The Morgan fingerprint density at radius 3 is 1.81 bits per heavy atom. The lowest BCUT2D eigenvalue weighted by molar-refractivity contribution is -0.150. The third-order valence-electron chi connectivity index (χ3n) is 9.08. The van der Waals surface area contributed by atoms with Crippen molar-refractivity contribution in [3.63, 3.8) is 0 Å². The van der Waals surface area contributed by atoms with E-state index in [1.54, 1.807) is 13.8 Å². The Morgan fingerprint density at radius 2 is 1.26 bits per heavy atom. The largest absolute Gasteiger partial charge is 0.459 e. The van der Waals surface area contributed by atoms with Crippen molar-refractivity contribution < 1.29 is 38.6 Å². The summed E-state index contributed by atoms with van der Waals surface area (Å²) < 4.78 is 10.9. The van der Waals surface area contributed by atoms with E-state index in [1.165, 1.54) is 4.90 Å². The van der Waals surface area contributed by atoms with Crippen LogP contribution >= 0.6 is 0 Å². The number of nitrogens with one attached hydrogen (secondary N) is 3. The minimum Gasteiger partial charge on any atom is -0.459 e. The first-order chi connectivity index (χ1) is 25.4. The lowest BCUT2D eigenvalue weighted by atomic mass is 9.99. The molecule has 3 aromatic carbocycles. The van der Waals surface area contributed by atoms with Gasteiger partial charge < -0.3 is 35.4 Å². The highest BCUT2D eigenvalue weighted by molar-refractivity contribution is 5.93. The molecule has 0 aromatic heterocycles. The molecular formula is C41H52N4O8. The summed E-state index contributed by atoms with van der Waals surface area (Å²) in [5, 5.41) is 19.5. The second kappa shape index (κ2) is 20.1. The molecule has 1 aliphatic rings. The van der Waals surface area contributed by atoms with Crippen LogP contribution in [0.2, 0.25) is 0 Å². The molecule has 4 rings (SSSR count). The van der Waals surface area contributed by atoms with Gasteiger partial charge in [-0.05, 0) is 47.8 Å². The van der Waals surface area contributed by atoms with Gasteiger partial charge in [0.1, 0.15) is 31.3 Å². The third-order valence-corrected chi connectivity index (χ3v) is 9.08. The molecule has 1 heterocycles. The van der Waals surface area contributed by atoms with Crippen molar-refractivity contribution in [2.24, 2.45) is 11.8 Å². The summed E-state index contributed by atoms with van der Waals surface area (Å²) in [5.41, 5.74) is 2.39. The zero-order valence-electron chi connectivity index (χ0n) is 30.9. The summed E-state index contributed by atoms with van der Waals surface area (Å²) in [7, 11) is 0. The van der Waals surface area contributed by atoms with E-state index in [0.29, 0.717) is 12.8 Å². The minimum atomic E-state index is -1.66. The van der Waals surface area contributed by atoms with E-state index in [1.807, 2.05) is 105 Å². The monoisotopic (exact) mass is 728 g/mol. The quantitative estimate of drug-likeness (QED) is 0.150. The van der Waals surface area contributed by atoms with Gasteiger partial charge in [0, 0.05) is 13.0 Å². The number of esters is 1. The van der Waals surface area contributed by atoms with E-state index in [0.717, 1.165) is 16.7 Å². The maximum absolute atomic E-state index is 14.1.